The number of aromatic nitrogens is 2. The number of aryl methyl sites for hydroxylation is 1. The van der Waals surface area contributed by atoms with Crippen LogP contribution in [0, 0.1) is 6.92 Å². The summed E-state index contributed by atoms with van der Waals surface area (Å²) in [7, 11) is 1.32. The number of rotatable bonds is 6. The Morgan fingerprint density at radius 3 is 2.29 bits per heavy atom. The number of benzene rings is 2. The monoisotopic (exact) mass is 393 g/mol. The highest BCUT2D eigenvalue weighted by atomic mass is 32.2. The first-order valence-corrected chi connectivity index (χ1v) is 9.55. The highest BCUT2D eigenvalue weighted by molar-refractivity contribution is 7.99. The number of carbonyl (C=O) groups excluding carboxylic acids is 2. The molecular formula is C21H19N3O3S. The fourth-order valence-electron chi connectivity index (χ4n) is 2.42. The van der Waals surface area contributed by atoms with Crippen LogP contribution < -0.4 is 5.32 Å². The summed E-state index contributed by atoms with van der Waals surface area (Å²) in [5.41, 5.74) is 4.02. The minimum Gasteiger partial charge on any atom is -0.465 e. The van der Waals surface area contributed by atoms with Gasteiger partial charge in [-0.15, -0.1) is 10.2 Å². The molecule has 0 aliphatic heterocycles. The summed E-state index contributed by atoms with van der Waals surface area (Å²) in [6.07, 6.45) is 0. The Kier molecular flexibility index (Phi) is 6.39. The van der Waals surface area contributed by atoms with Gasteiger partial charge in [-0.25, -0.2) is 4.79 Å². The number of ether oxygens (including phenoxy) is 1. The lowest BCUT2D eigenvalue weighted by molar-refractivity contribution is -0.113. The predicted molar refractivity (Wildman–Crippen MR) is 109 cm³/mol. The van der Waals surface area contributed by atoms with E-state index in [9.17, 15) is 9.59 Å². The zero-order chi connectivity index (χ0) is 19.9. The number of thioether (sulfide) groups is 1. The Labute approximate surface area is 167 Å². The number of methoxy groups -OCH3 is 1. The summed E-state index contributed by atoms with van der Waals surface area (Å²) < 4.78 is 4.64. The van der Waals surface area contributed by atoms with Crippen LogP contribution in [0.25, 0.3) is 11.3 Å². The van der Waals surface area contributed by atoms with Gasteiger partial charge in [-0.2, -0.15) is 0 Å². The summed E-state index contributed by atoms with van der Waals surface area (Å²) in [6, 6.07) is 18.3. The third-order valence-corrected chi connectivity index (χ3v) is 4.85. The van der Waals surface area contributed by atoms with Crippen molar-refractivity contribution >= 4 is 29.3 Å². The second-order valence-corrected chi connectivity index (χ2v) is 7.02. The highest BCUT2D eigenvalue weighted by Gasteiger charge is 2.08. The third-order valence-electron chi connectivity index (χ3n) is 3.93. The molecule has 7 heteroatoms. The number of anilines is 1. The van der Waals surface area contributed by atoms with E-state index < -0.39 is 5.97 Å². The fourth-order valence-corrected chi connectivity index (χ4v) is 3.03. The van der Waals surface area contributed by atoms with Crippen LogP contribution in [0.15, 0.2) is 65.7 Å². The van der Waals surface area contributed by atoms with E-state index in [0.29, 0.717) is 16.3 Å². The zero-order valence-electron chi connectivity index (χ0n) is 15.5. The van der Waals surface area contributed by atoms with Crippen molar-refractivity contribution in [1.29, 1.82) is 0 Å². The molecule has 1 amide bonds. The molecule has 0 saturated heterocycles. The maximum absolute atomic E-state index is 12.1. The molecule has 0 aliphatic rings. The highest BCUT2D eigenvalue weighted by Crippen LogP contribution is 2.20. The molecule has 0 atom stereocenters. The van der Waals surface area contributed by atoms with Gasteiger partial charge < -0.3 is 10.1 Å². The molecule has 1 N–H and O–H groups in total. The molecule has 3 aromatic rings. The van der Waals surface area contributed by atoms with Gasteiger partial charge in [0.25, 0.3) is 0 Å². The minimum atomic E-state index is -0.416. The molecule has 0 bridgehead atoms. The van der Waals surface area contributed by atoms with Gasteiger partial charge in [-0.1, -0.05) is 41.6 Å². The fraction of sp³-hybridized carbons (Fsp3) is 0.143. The molecule has 1 aromatic heterocycles. The summed E-state index contributed by atoms with van der Waals surface area (Å²) in [6.45, 7) is 2.04. The average molecular weight is 393 g/mol. The SMILES string of the molecule is COC(=O)c1ccc(NC(=O)CSc2ccc(-c3ccc(C)cc3)nn2)cc1. The van der Waals surface area contributed by atoms with E-state index in [4.69, 9.17) is 0 Å². The van der Waals surface area contributed by atoms with Crippen molar-refractivity contribution in [3.63, 3.8) is 0 Å². The van der Waals surface area contributed by atoms with E-state index in [2.05, 4.69) is 20.3 Å². The molecule has 1 heterocycles. The maximum atomic E-state index is 12.1. The minimum absolute atomic E-state index is 0.166. The van der Waals surface area contributed by atoms with Gasteiger partial charge >= 0.3 is 5.97 Å². The Morgan fingerprint density at radius 2 is 1.68 bits per heavy atom. The molecule has 0 radical (unpaired) electrons. The Balaban J connectivity index is 1.53. The van der Waals surface area contributed by atoms with Gasteiger partial charge in [0.1, 0.15) is 5.03 Å². The first-order valence-electron chi connectivity index (χ1n) is 8.57. The van der Waals surface area contributed by atoms with Crippen LogP contribution in [0.2, 0.25) is 0 Å². The number of nitrogens with one attached hydrogen (secondary N) is 1. The quantitative estimate of drug-likeness (QED) is 0.504. The normalized spacial score (nSPS) is 10.4. The second-order valence-electron chi connectivity index (χ2n) is 6.03. The number of hydrogen-bond acceptors (Lipinski definition) is 6. The Hall–Kier alpha value is -3.19. The van der Waals surface area contributed by atoms with Gasteiger partial charge in [0.15, 0.2) is 0 Å². The van der Waals surface area contributed by atoms with Gasteiger partial charge in [0, 0.05) is 11.3 Å². The summed E-state index contributed by atoms with van der Waals surface area (Å²) in [5.74, 6) is -0.376. The third kappa shape index (κ3) is 5.17. The van der Waals surface area contributed by atoms with Crippen molar-refractivity contribution in [2.45, 2.75) is 11.9 Å². The van der Waals surface area contributed by atoms with Crippen LogP contribution in [0.5, 0.6) is 0 Å². The molecule has 0 aliphatic carbocycles. The van der Waals surface area contributed by atoms with Crippen molar-refractivity contribution in [2.75, 3.05) is 18.2 Å². The van der Waals surface area contributed by atoms with E-state index in [-0.39, 0.29) is 11.7 Å². The standard InChI is InChI=1S/C21H19N3O3S/c1-14-3-5-15(6-4-14)18-11-12-20(24-23-18)28-13-19(25)22-17-9-7-16(8-10-17)21(26)27-2/h3-12H,13H2,1-2H3,(H,22,25). The molecule has 0 spiro atoms. The van der Waals surface area contributed by atoms with Crippen molar-refractivity contribution in [2.24, 2.45) is 0 Å². The van der Waals surface area contributed by atoms with Crippen molar-refractivity contribution in [3.05, 3.63) is 71.8 Å². The summed E-state index contributed by atoms with van der Waals surface area (Å²) in [4.78, 5) is 23.5. The first-order chi connectivity index (χ1) is 13.5. The number of nitrogens with zero attached hydrogens (tertiary/aromatic N) is 2. The van der Waals surface area contributed by atoms with Gasteiger partial charge in [-0.3, -0.25) is 4.79 Å². The average Bonchev–Trinajstić information content (AvgIpc) is 2.73. The Morgan fingerprint density at radius 1 is 0.964 bits per heavy atom. The topological polar surface area (TPSA) is 81.2 Å². The maximum Gasteiger partial charge on any atom is 0.337 e. The van der Waals surface area contributed by atoms with Gasteiger partial charge in [-0.05, 0) is 43.3 Å². The number of hydrogen-bond donors (Lipinski definition) is 1. The molecule has 6 nitrogen and oxygen atoms in total. The van der Waals surface area contributed by atoms with E-state index >= 15 is 0 Å². The first kappa shape index (κ1) is 19.6. The lowest BCUT2D eigenvalue weighted by Gasteiger charge is -2.06. The molecule has 0 saturated carbocycles. The number of esters is 1. The number of carbonyl (C=O) groups is 2. The van der Waals surface area contributed by atoms with Crippen LogP contribution in [0.3, 0.4) is 0 Å². The molecule has 28 heavy (non-hydrogen) atoms. The van der Waals surface area contributed by atoms with E-state index in [1.54, 1.807) is 24.3 Å². The van der Waals surface area contributed by atoms with Crippen LogP contribution in [0.1, 0.15) is 15.9 Å². The summed E-state index contributed by atoms with van der Waals surface area (Å²) >= 11 is 1.31. The van der Waals surface area contributed by atoms with Crippen LogP contribution in [0.4, 0.5) is 5.69 Å². The Bertz CT molecular complexity index is 956. The van der Waals surface area contributed by atoms with Crippen LogP contribution in [-0.4, -0.2) is 34.9 Å². The van der Waals surface area contributed by atoms with Gasteiger partial charge in [0.05, 0.1) is 24.1 Å². The van der Waals surface area contributed by atoms with Crippen molar-refractivity contribution < 1.29 is 14.3 Å². The molecule has 0 unspecified atom stereocenters. The lowest BCUT2D eigenvalue weighted by atomic mass is 10.1. The van der Waals surface area contributed by atoms with Crippen molar-refractivity contribution in [3.8, 4) is 11.3 Å². The molecule has 142 valence electrons. The second kappa shape index (κ2) is 9.14. The zero-order valence-corrected chi connectivity index (χ0v) is 16.3. The molecule has 3 rings (SSSR count). The van der Waals surface area contributed by atoms with Crippen molar-refractivity contribution in [1.82, 2.24) is 10.2 Å². The van der Waals surface area contributed by atoms with E-state index in [1.807, 2.05) is 43.3 Å². The van der Waals surface area contributed by atoms with E-state index in [1.165, 1.54) is 24.4 Å². The molecular weight excluding hydrogens is 374 g/mol. The lowest BCUT2D eigenvalue weighted by Crippen LogP contribution is -2.14. The number of amides is 1. The van der Waals surface area contributed by atoms with E-state index in [0.717, 1.165) is 11.3 Å². The van der Waals surface area contributed by atoms with Crippen LogP contribution >= 0.6 is 11.8 Å². The predicted octanol–water partition coefficient (Wildman–Crippen LogP) is 3.97. The largest absolute Gasteiger partial charge is 0.465 e. The van der Waals surface area contributed by atoms with Crippen LogP contribution in [-0.2, 0) is 9.53 Å². The summed E-state index contributed by atoms with van der Waals surface area (Å²) in [5, 5.41) is 11.9. The molecule has 0 fully saturated rings. The molecule has 2 aromatic carbocycles. The smallest absolute Gasteiger partial charge is 0.337 e. The van der Waals surface area contributed by atoms with Gasteiger partial charge in [0.2, 0.25) is 5.91 Å².